The second kappa shape index (κ2) is 11.3. The quantitative estimate of drug-likeness (QED) is 0.704. The van der Waals surface area contributed by atoms with Gasteiger partial charge >= 0.3 is 0 Å². The Hall–Kier alpha value is -1.80. The summed E-state index contributed by atoms with van der Waals surface area (Å²) < 4.78 is 1.76. The molecule has 0 radical (unpaired) electrons. The van der Waals surface area contributed by atoms with Crippen molar-refractivity contribution in [3.63, 3.8) is 0 Å². The Bertz CT molecular complexity index is 664. The highest BCUT2D eigenvalue weighted by Gasteiger charge is 2.29. The van der Waals surface area contributed by atoms with Crippen LogP contribution in [0, 0.1) is 29.6 Å². The van der Waals surface area contributed by atoms with E-state index in [-0.39, 0.29) is 0 Å². The van der Waals surface area contributed by atoms with E-state index in [1.54, 1.807) is 10.9 Å². The molecule has 1 aliphatic carbocycles. The van der Waals surface area contributed by atoms with Crippen LogP contribution in [-0.4, -0.2) is 58.2 Å². The summed E-state index contributed by atoms with van der Waals surface area (Å²) in [6, 6.07) is 0. The molecule has 28 heavy (non-hydrogen) atoms. The van der Waals surface area contributed by atoms with E-state index < -0.39 is 0 Å². The molecule has 5 heteroatoms. The van der Waals surface area contributed by atoms with Crippen LogP contribution in [0.15, 0.2) is 12.4 Å². The zero-order valence-corrected chi connectivity index (χ0v) is 18.4. The number of nitrogens with zero attached hydrogens (tertiary/aromatic N) is 4. The molecule has 156 valence electrons. The number of carbonyl (C=O) groups excluding carboxylic acids is 1. The number of rotatable bonds is 6. The van der Waals surface area contributed by atoms with E-state index >= 15 is 0 Å². The van der Waals surface area contributed by atoms with Crippen LogP contribution < -0.4 is 0 Å². The van der Waals surface area contributed by atoms with Crippen molar-refractivity contribution in [3.05, 3.63) is 18.0 Å². The zero-order chi connectivity index (χ0) is 20.5. The Morgan fingerprint density at radius 3 is 2.46 bits per heavy atom. The van der Waals surface area contributed by atoms with E-state index in [4.69, 9.17) is 0 Å². The van der Waals surface area contributed by atoms with Crippen LogP contribution in [-0.2, 0) is 11.8 Å². The van der Waals surface area contributed by atoms with Gasteiger partial charge in [0.1, 0.15) is 0 Å². The summed E-state index contributed by atoms with van der Waals surface area (Å²) in [6.07, 6.45) is 8.55. The summed E-state index contributed by atoms with van der Waals surface area (Å²) in [7, 11) is 1.90. The van der Waals surface area contributed by atoms with Crippen LogP contribution in [0.4, 0.5) is 0 Å². The van der Waals surface area contributed by atoms with Crippen molar-refractivity contribution < 1.29 is 4.79 Å². The molecular formula is C23H38N4O. The third kappa shape index (κ3) is 8.93. The van der Waals surface area contributed by atoms with E-state index in [0.717, 1.165) is 50.5 Å². The Morgan fingerprint density at radius 1 is 1.18 bits per heavy atom. The van der Waals surface area contributed by atoms with Gasteiger partial charge in [0.05, 0.1) is 18.3 Å². The standard InChI is InChI=1S/C13H24N2O.C10H14N2/c1-11(2)5-6-15-8-7-14(10-13(15)16)9-12-3-4-12;1-9(2)5-4-6-10-7-11-12(3)8-10/h11-12H,3-10H2,1-2H3;7-9H,5H2,1-3H3. The molecule has 5 nitrogen and oxygen atoms in total. The first kappa shape index (κ1) is 22.5. The summed E-state index contributed by atoms with van der Waals surface area (Å²) in [4.78, 5) is 16.3. The predicted molar refractivity (Wildman–Crippen MR) is 115 cm³/mol. The van der Waals surface area contributed by atoms with Crippen molar-refractivity contribution in [1.82, 2.24) is 19.6 Å². The van der Waals surface area contributed by atoms with Gasteiger partial charge in [-0.1, -0.05) is 39.5 Å². The predicted octanol–water partition coefficient (Wildman–Crippen LogP) is 3.40. The zero-order valence-electron chi connectivity index (χ0n) is 18.4. The third-order valence-electron chi connectivity index (χ3n) is 5.04. The average molecular weight is 387 g/mol. The number of amides is 1. The van der Waals surface area contributed by atoms with Crippen molar-refractivity contribution in [2.24, 2.45) is 24.8 Å². The molecule has 2 heterocycles. The van der Waals surface area contributed by atoms with Crippen LogP contribution in [0.5, 0.6) is 0 Å². The maximum atomic E-state index is 11.9. The molecule has 0 atom stereocenters. The van der Waals surface area contributed by atoms with Gasteiger partial charge in [0.2, 0.25) is 5.91 Å². The van der Waals surface area contributed by atoms with Gasteiger partial charge in [-0.25, -0.2) is 0 Å². The normalized spacial score (nSPS) is 17.4. The first-order chi connectivity index (χ1) is 13.3. The Balaban J connectivity index is 0.000000209. The average Bonchev–Trinajstić information content (AvgIpc) is 3.34. The molecule has 1 saturated carbocycles. The first-order valence-corrected chi connectivity index (χ1v) is 10.8. The van der Waals surface area contributed by atoms with Crippen molar-refractivity contribution in [3.8, 4) is 11.8 Å². The fourth-order valence-electron chi connectivity index (χ4n) is 3.07. The molecule has 1 saturated heterocycles. The molecule has 0 bridgehead atoms. The lowest BCUT2D eigenvalue weighted by Crippen LogP contribution is -2.51. The molecule has 0 spiro atoms. The Labute approximate surface area is 171 Å². The summed E-state index contributed by atoms with van der Waals surface area (Å²) in [6.45, 7) is 13.6. The molecular weight excluding hydrogens is 348 g/mol. The fraction of sp³-hybridized carbons (Fsp3) is 0.739. The highest BCUT2D eigenvalue weighted by Crippen LogP contribution is 2.30. The minimum absolute atomic E-state index is 0.340. The molecule has 2 aliphatic rings. The van der Waals surface area contributed by atoms with E-state index in [1.165, 1.54) is 12.8 Å². The molecule has 0 aromatic carbocycles. The van der Waals surface area contributed by atoms with Crippen LogP contribution >= 0.6 is 0 Å². The minimum Gasteiger partial charge on any atom is -0.340 e. The maximum absolute atomic E-state index is 11.9. The summed E-state index contributed by atoms with van der Waals surface area (Å²) in [5.74, 6) is 8.75. The van der Waals surface area contributed by atoms with Gasteiger partial charge in [-0.3, -0.25) is 14.4 Å². The first-order valence-electron chi connectivity index (χ1n) is 10.8. The van der Waals surface area contributed by atoms with Gasteiger partial charge < -0.3 is 4.90 Å². The van der Waals surface area contributed by atoms with E-state index in [2.05, 4.69) is 49.5 Å². The van der Waals surface area contributed by atoms with Crippen molar-refractivity contribution in [2.45, 2.75) is 53.4 Å². The molecule has 1 aromatic heterocycles. The minimum atomic E-state index is 0.340. The number of aryl methyl sites for hydroxylation is 1. The molecule has 2 fully saturated rings. The van der Waals surface area contributed by atoms with Crippen molar-refractivity contribution in [2.75, 3.05) is 32.7 Å². The largest absolute Gasteiger partial charge is 0.340 e. The molecule has 3 rings (SSSR count). The number of carbonyl (C=O) groups is 1. The van der Waals surface area contributed by atoms with E-state index in [1.807, 2.05) is 18.1 Å². The smallest absolute Gasteiger partial charge is 0.236 e. The highest BCUT2D eigenvalue weighted by atomic mass is 16.2. The molecule has 1 aromatic rings. The highest BCUT2D eigenvalue weighted by molar-refractivity contribution is 5.79. The van der Waals surface area contributed by atoms with Crippen LogP contribution in [0.2, 0.25) is 0 Å². The second-order valence-electron chi connectivity index (χ2n) is 9.04. The summed E-state index contributed by atoms with van der Waals surface area (Å²) >= 11 is 0. The topological polar surface area (TPSA) is 41.4 Å². The lowest BCUT2D eigenvalue weighted by molar-refractivity contribution is -0.136. The van der Waals surface area contributed by atoms with Crippen LogP contribution in [0.1, 0.15) is 58.9 Å². The van der Waals surface area contributed by atoms with Crippen LogP contribution in [0.3, 0.4) is 0 Å². The van der Waals surface area contributed by atoms with Gasteiger partial charge in [0.15, 0.2) is 0 Å². The van der Waals surface area contributed by atoms with Gasteiger partial charge in [-0.05, 0) is 37.0 Å². The maximum Gasteiger partial charge on any atom is 0.236 e. The summed E-state index contributed by atoms with van der Waals surface area (Å²) in [5, 5.41) is 4.03. The third-order valence-corrected chi connectivity index (χ3v) is 5.04. The van der Waals surface area contributed by atoms with Crippen molar-refractivity contribution >= 4 is 5.91 Å². The fourth-order valence-corrected chi connectivity index (χ4v) is 3.07. The molecule has 1 amide bonds. The molecule has 0 unspecified atom stereocenters. The molecule has 1 aliphatic heterocycles. The Morgan fingerprint density at radius 2 is 1.93 bits per heavy atom. The monoisotopic (exact) mass is 386 g/mol. The lowest BCUT2D eigenvalue weighted by Gasteiger charge is -2.34. The number of piperazine rings is 1. The number of hydrogen-bond acceptors (Lipinski definition) is 3. The Kier molecular flexibility index (Phi) is 9.05. The van der Waals surface area contributed by atoms with Crippen LogP contribution in [0.25, 0.3) is 0 Å². The van der Waals surface area contributed by atoms with Gasteiger partial charge in [0, 0.05) is 45.8 Å². The van der Waals surface area contributed by atoms with Gasteiger partial charge in [-0.15, -0.1) is 0 Å². The van der Waals surface area contributed by atoms with E-state index in [0.29, 0.717) is 24.3 Å². The number of hydrogen-bond donors (Lipinski definition) is 0. The molecule has 0 N–H and O–H groups in total. The van der Waals surface area contributed by atoms with E-state index in [9.17, 15) is 4.79 Å². The van der Waals surface area contributed by atoms with Gasteiger partial charge in [-0.2, -0.15) is 5.10 Å². The second-order valence-corrected chi connectivity index (χ2v) is 9.04. The van der Waals surface area contributed by atoms with Crippen molar-refractivity contribution in [1.29, 1.82) is 0 Å². The lowest BCUT2D eigenvalue weighted by atomic mass is 10.1. The SMILES string of the molecule is CC(C)CC#Cc1cnn(C)c1.CC(C)CCN1CCN(CC2CC2)CC1=O. The summed E-state index contributed by atoms with van der Waals surface area (Å²) in [5.41, 5.74) is 0.998. The number of aromatic nitrogens is 2. The van der Waals surface area contributed by atoms with Gasteiger partial charge in [0.25, 0.3) is 0 Å².